The van der Waals surface area contributed by atoms with Crippen molar-refractivity contribution in [2.24, 2.45) is 58.2 Å². The van der Waals surface area contributed by atoms with Crippen LogP contribution < -0.4 is 5.32 Å². The predicted octanol–water partition coefficient (Wildman–Crippen LogP) is 6.93. The van der Waals surface area contributed by atoms with Gasteiger partial charge in [0.05, 0.1) is 6.61 Å². The number of hydrogen-bond acceptors (Lipinski definition) is 3. The van der Waals surface area contributed by atoms with Gasteiger partial charge in [-0.2, -0.15) is 0 Å². The molecule has 4 saturated carbocycles. The Morgan fingerprint density at radius 2 is 1.79 bits per heavy atom. The summed E-state index contributed by atoms with van der Waals surface area (Å²) in [6.45, 7) is 12.4. The Labute approximate surface area is 235 Å². The number of benzene rings is 1. The number of rotatable bonds is 7. The lowest BCUT2D eigenvalue weighted by molar-refractivity contribution is -0.161. The van der Waals surface area contributed by atoms with Crippen molar-refractivity contribution in [3.8, 4) is 0 Å². The molecule has 0 radical (unpaired) electrons. The minimum absolute atomic E-state index is 0.0499. The standard InChI is InChI=1S/C34H51NO4/c1-20(10-13-30(37)38)27-11-12-28-31-21(2)16-24-18-25(35-32(39)26-9-7-6-8-23(26)19-36)14-15-33(24,4)29(31)17-22(3)34(27,28)5/h6-9,20-22,24-25,27-29,31,36H,10-19H2,1-5H3,(H,35,39)(H,37,38). The topological polar surface area (TPSA) is 86.6 Å². The molecule has 0 aliphatic heterocycles. The molecule has 4 aliphatic carbocycles. The van der Waals surface area contributed by atoms with Gasteiger partial charge in [0, 0.05) is 18.0 Å². The van der Waals surface area contributed by atoms with E-state index in [9.17, 15) is 19.8 Å². The first-order valence-corrected chi connectivity index (χ1v) is 15.7. The van der Waals surface area contributed by atoms with Crippen LogP contribution in [0.5, 0.6) is 0 Å². The van der Waals surface area contributed by atoms with Crippen LogP contribution in [0.3, 0.4) is 0 Å². The van der Waals surface area contributed by atoms with E-state index in [1.54, 1.807) is 0 Å². The summed E-state index contributed by atoms with van der Waals surface area (Å²) in [4.78, 5) is 24.4. The molecular weight excluding hydrogens is 486 g/mol. The van der Waals surface area contributed by atoms with E-state index in [1.807, 2.05) is 24.3 Å². The third kappa shape index (κ3) is 4.85. The van der Waals surface area contributed by atoms with Gasteiger partial charge in [-0.1, -0.05) is 52.8 Å². The van der Waals surface area contributed by atoms with Gasteiger partial charge in [0.25, 0.3) is 5.91 Å². The summed E-state index contributed by atoms with van der Waals surface area (Å²) in [7, 11) is 0. The van der Waals surface area contributed by atoms with E-state index in [0.29, 0.717) is 51.5 Å². The zero-order valence-electron chi connectivity index (χ0n) is 24.8. The Balaban J connectivity index is 1.31. The summed E-state index contributed by atoms with van der Waals surface area (Å²) < 4.78 is 0. The SMILES string of the molecule is CC1CC2CC(NC(=O)c3ccccc3CO)CCC2(C)C2CC(C)C3(C)C(C(C)CCC(=O)O)CCC3C12. The third-order valence-electron chi connectivity index (χ3n) is 12.9. The minimum atomic E-state index is -0.664. The first-order valence-electron chi connectivity index (χ1n) is 15.7. The number of carbonyl (C=O) groups is 2. The fourth-order valence-electron chi connectivity index (χ4n) is 10.8. The maximum atomic E-state index is 13.1. The molecule has 5 heteroatoms. The van der Waals surface area contributed by atoms with Crippen molar-refractivity contribution in [3.05, 3.63) is 35.4 Å². The Bertz CT molecular complexity index is 1070. The number of carboxylic acids is 1. The fraction of sp³-hybridized carbons (Fsp3) is 0.765. The van der Waals surface area contributed by atoms with Gasteiger partial charge >= 0.3 is 5.97 Å². The molecule has 0 bridgehead atoms. The smallest absolute Gasteiger partial charge is 0.303 e. The maximum Gasteiger partial charge on any atom is 0.303 e. The van der Waals surface area contributed by atoms with E-state index in [2.05, 4.69) is 39.9 Å². The van der Waals surface area contributed by atoms with Gasteiger partial charge in [0.1, 0.15) is 0 Å². The molecular formula is C34H51NO4. The van der Waals surface area contributed by atoms with Gasteiger partial charge in [-0.25, -0.2) is 0 Å². The van der Waals surface area contributed by atoms with E-state index in [1.165, 1.54) is 32.1 Å². The molecule has 11 unspecified atom stereocenters. The van der Waals surface area contributed by atoms with Gasteiger partial charge in [0.15, 0.2) is 0 Å². The molecule has 4 aliphatic rings. The van der Waals surface area contributed by atoms with Crippen LogP contribution in [0.1, 0.15) is 108 Å². The van der Waals surface area contributed by atoms with Crippen LogP contribution in [0.2, 0.25) is 0 Å². The molecule has 5 rings (SSSR count). The van der Waals surface area contributed by atoms with Gasteiger partial charge < -0.3 is 15.5 Å². The number of aliphatic carboxylic acids is 1. The van der Waals surface area contributed by atoms with Crippen molar-refractivity contribution in [3.63, 3.8) is 0 Å². The second-order valence-electron chi connectivity index (χ2n) is 14.6. The molecule has 0 saturated heterocycles. The maximum absolute atomic E-state index is 13.1. The zero-order valence-corrected chi connectivity index (χ0v) is 24.8. The fourth-order valence-corrected chi connectivity index (χ4v) is 10.8. The van der Waals surface area contributed by atoms with Crippen LogP contribution >= 0.6 is 0 Å². The molecule has 5 nitrogen and oxygen atoms in total. The van der Waals surface area contributed by atoms with Crippen LogP contribution in [-0.4, -0.2) is 28.1 Å². The highest BCUT2D eigenvalue weighted by molar-refractivity contribution is 5.95. The summed E-state index contributed by atoms with van der Waals surface area (Å²) in [5.74, 6) is 4.57. The van der Waals surface area contributed by atoms with E-state index < -0.39 is 5.97 Å². The zero-order chi connectivity index (χ0) is 28.1. The number of carbonyl (C=O) groups excluding carboxylic acids is 1. The van der Waals surface area contributed by atoms with E-state index in [4.69, 9.17) is 0 Å². The van der Waals surface area contributed by atoms with E-state index in [-0.39, 0.29) is 25.0 Å². The molecule has 0 spiro atoms. The lowest BCUT2D eigenvalue weighted by atomic mass is 9.40. The second-order valence-corrected chi connectivity index (χ2v) is 14.6. The van der Waals surface area contributed by atoms with E-state index >= 15 is 0 Å². The highest BCUT2D eigenvalue weighted by Crippen LogP contribution is 2.70. The molecule has 0 heterocycles. The van der Waals surface area contributed by atoms with Crippen molar-refractivity contribution in [2.75, 3.05) is 0 Å². The average Bonchev–Trinajstić information content (AvgIpc) is 3.27. The Morgan fingerprint density at radius 3 is 2.51 bits per heavy atom. The molecule has 3 N–H and O–H groups in total. The summed E-state index contributed by atoms with van der Waals surface area (Å²) in [6, 6.07) is 7.58. The third-order valence-corrected chi connectivity index (χ3v) is 12.9. The van der Waals surface area contributed by atoms with Crippen LogP contribution in [0.15, 0.2) is 24.3 Å². The largest absolute Gasteiger partial charge is 0.481 e. The van der Waals surface area contributed by atoms with Gasteiger partial charge in [-0.15, -0.1) is 0 Å². The summed E-state index contributed by atoms with van der Waals surface area (Å²) in [5, 5.41) is 22.3. The van der Waals surface area contributed by atoms with Crippen LogP contribution in [0, 0.1) is 58.2 Å². The first kappa shape index (κ1) is 28.6. The minimum Gasteiger partial charge on any atom is -0.481 e. The van der Waals surface area contributed by atoms with Crippen molar-refractivity contribution >= 4 is 11.9 Å². The number of hydrogen-bond donors (Lipinski definition) is 3. The molecule has 39 heavy (non-hydrogen) atoms. The highest BCUT2D eigenvalue weighted by atomic mass is 16.4. The highest BCUT2D eigenvalue weighted by Gasteiger charge is 2.64. The lowest BCUT2D eigenvalue weighted by Gasteiger charge is -2.65. The van der Waals surface area contributed by atoms with Crippen molar-refractivity contribution in [1.82, 2.24) is 5.32 Å². The molecule has 0 aromatic heterocycles. The van der Waals surface area contributed by atoms with Gasteiger partial charge in [-0.3, -0.25) is 9.59 Å². The second kappa shape index (κ2) is 10.8. The summed E-state index contributed by atoms with van der Waals surface area (Å²) in [6.07, 6.45) is 9.45. The molecule has 1 aromatic rings. The van der Waals surface area contributed by atoms with Crippen LogP contribution in [-0.2, 0) is 11.4 Å². The Kier molecular flexibility index (Phi) is 7.96. The Hall–Kier alpha value is -1.88. The van der Waals surface area contributed by atoms with Crippen LogP contribution in [0.25, 0.3) is 0 Å². The van der Waals surface area contributed by atoms with Gasteiger partial charge in [-0.05, 0) is 121 Å². The summed E-state index contributed by atoms with van der Waals surface area (Å²) >= 11 is 0. The molecule has 4 fully saturated rings. The van der Waals surface area contributed by atoms with E-state index in [0.717, 1.165) is 37.0 Å². The predicted molar refractivity (Wildman–Crippen MR) is 154 cm³/mol. The normalized spacial score (nSPS) is 42.1. The van der Waals surface area contributed by atoms with Crippen LogP contribution in [0.4, 0.5) is 0 Å². The van der Waals surface area contributed by atoms with Crippen molar-refractivity contribution in [2.45, 2.75) is 105 Å². The summed E-state index contributed by atoms with van der Waals surface area (Å²) in [5.41, 5.74) is 1.92. The molecule has 11 atom stereocenters. The van der Waals surface area contributed by atoms with Crippen molar-refractivity contribution in [1.29, 1.82) is 0 Å². The number of nitrogens with one attached hydrogen (secondary N) is 1. The average molecular weight is 538 g/mol. The monoisotopic (exact) mass is 537 g/mol. The number of fused-ring (bicyclic) bond motifs is 5. The van der Waals surface area contributed by atoms with Crippen molar-refractivity contribution < 1.29 is 19.8 Å². The molecule has 1 aromatic carbocycles. The first-order chi connectivity index (χ1) is 18.5. The Morgan fingerprint density at radius 1 is 1.05 bits per heavy atom. The number of amides is 1. The number of aliphatic hydroxyl groups is 1. The number of aliphatic hydroxyl groups excluding tert-OH is 1. The molecule has 216 valence electrons. The van der Waals surface area contributed by atoms with Gasteiger partial charge in [0.2, 0.25) is 0 Å². The molecule has 1 amide bonds. The lowest BCUT2D eigenvalue weighted by Crippen LogP contribution is -2.59. The number of carboxylic acid groups (broad SMARTS) is 1. The quantitative estimate of drug-likeness (QED) is 0.352.